The summed E-state index contributed by atoms with van der Waals surface area (Å²) in [5.74, 6) is -0.112. The van der Waals surface area contributed by atoms with Crippen LogP contribution in [0.4, 0.5) is 10.5 Å². The largest absolute Gasteiger partial charge is 0.351 e. The van der Waals surface area contributed by atoms with Crippen molar-refractivity contribution in [3.63, 3.8) is 0 Å². The Morgan fingerprint density at radius 1 is 0.964 bits per heavy atom. The molecule has 0 aliphatic carbocycles. The van der Waals surface area contributed by atoms with Gasteiger partial charge in [0.25, 0.3) is 5.91 Å². The van der Waals surface area contributed by atoms with E-state index in [2.05, 4.69) is 16.0 Å². The van der Waals surface area contributed by atoms with Gasteiger partial charge in [0.15, 0.2) is 0 Å². The number of anilines is 1. The fourth-order valence-corrected chi connectivity index (χ4v) is 3.03. The smallest absolute Gasteiger partial charge is 0.319 e. The molecule has 2 aromatic carbocycles. The van der Waals surface area contributed by atoms with E-state index in [0.29, 0.717) is 18.7 Å². The molecule has 28 heavy (non-hydrogen) atoms. The maximum atomic E-state index is 12.3. The lowest BCUT2D eigenvalue weighted by Gasteiger charge is -2.14. The number of amides is 3. The number of urea groups is 1. The van der Waals surface area contributed by atoms with Crippen LogP contribution in [0, 0.1) is 20.8 Å². The average molecular weight is 383 g/mol. The number of benzene rings is 2. The maximum Gasteiger partial charge on any atom is 0.319 e. The third-order valence-corrected chi connectivity index (χ3v) is 4.40. The van der Waals surface area contributed by atoms with Crippen molar-refractivity contribution in [1.29, 1.82) is 0 Å². The molecule has 2 aromatic rings. The van der Waals surface area contributed by atoms with Gasteiger partial charge in [-0.3, -0.25) is 4.79 Å². The monoisotopic (exact) mass is 382 g/mol. The molecule has 0 saturated heterocycles. The molecule has 0 radical (unpaired) electrons. The van der Waals surface area contributed by atoms with Crippen LogP contribution >= 0.6 is 0 Å². The summed E-state index contributed by atoms with van der Waals surface area (Å²) < 4.78 is 0. The molecule has 0 aromatic heterocycles. The third kappa shape index (κ3) is 6.39. The van der Waals surface area contributed by atoms with E-state index >= 15 is 0 Å². The average Bonchev–Trinajstić information content (AvgIpc) is 2.63. The van der Waals surface area contributed by atoms with Crippen LogP contribution in [0.5, 0.6) is 0 Å². The molecule has 0 aliphatic heterocycles. The van der Waals surface area contributed by atoms with Gasteiger partial charge in [-0.2, -0.15) is 0 Å². The second kappa shape index (κ2) is 9.90. The number of rotatable bonds is 7. The number of nitrogens with one attached hydrogen (secondary N) is 3. The molecular weight excluding hydrogens is 352 g/mol. The molecule has 6 heteroatoms. The normalized spacial score (nSPS) is 10.6. The fraction of sp³-hybridized carbons (Fsp3) is 0.364. The van der Waals surface area contributed by atoms with Gasteiger partial charge in [-0.15, -0.1) is 0 Å². The lowest BCUT2D eigenvalue weighted by Crippen LogP contribution is -2.31. The summed E-state index contributed by atoms with van der Waals surface area (Å²) in [6.07, 6.45) is 0. The number of carbonyl (C=O) groups is 2. The van der Waals surface area contributed by atoms with Gasteiger partial charge in [-0.25, -0.2) is 4.79 Å². The molecule has 2 rings (SSSR count). The zero-order valence-electron chi connectivity index (χ0n) is 17.3. The van der Waals surface area contributed by atoms with Gasteiger partial charge in [0.2, 0.25) is 0 Å². The highest BCUT2D eigenvalue weighted by atomic mass is 16.2. The maximum absolute atomic E-state index is 12.3. The Balaban J connectivity index is 1.92. The van der Waals surface area contributed by atoms with Crippen LogP contribution in [0.25, 0.3) is 0 Å². The predicted molar refractivity (Wildman–Crippen MR) is 114 cm³/mol. The van der Waals surface area contributed by atoms with Crippen LogP contribution in [0.2, 0.25) is 0 Å². The van der Waals surface area contributed by atoms with Gasteiger partial charge in [-0.1, -0.05) is 29.8 Å². The summed E-state index contributed by atoms with van der Waals surface area (Å²) in [6, 6.07) is 11.1. The first-order chi connectivity index (χ1) is 13.3. The number of carbonyl (C=O) groups excluding carboxylic acids is 2. The van der Waals surface area contributed by atoms with Crippen LogP contribution in [0.15, 0.2) is 36.4 Å². The van der Waals surface area contributed by atoms with Gasteiger partial charge in [0, 0.05) is 30.9 Å². The first kappa shape index (κ1) is 21.4. The highest BCUT2D eigenvalue weighted by Gasteiger charge is 2.09. The zero-order chi connectivity index (χ0) is 20.7. The van der Waals surface area contributed by atoms with Crippen molar-refractivity contribution in [1.82, 2.24) is 15.5 Å². The molecule has 0 spiro atoms. The number of aryl methyl sites for hydroxylation is 3. The van der Waals surface area contributed by atoms with Gasteiger partial charge in [0.05, 0.1) is 0 Å². The Hall–Kier alpha value is -2.86. The molecule has 0 fully saturated rings. The van der Waals surface area contributed by atoms with E-state index in [9.17, 15) is 9.59 Å². The summed E-state index contributed by atoms with van der Waals surface area (Å²) in [5.41, 5.74) is 5.52. The summed E-state index contributed by atoms with van der Waals surface area (Å²) >= 11 is 0. The Labute approximate surface area is 167 Å². The molecule has 0 aliphatic rings. The SMILES string of the molecule is Cc1cc(C)c(NC(=O)NCc2cccc(C(=O)NCCN(C)C)c2)c(C)c1. The van der Waals surface area contributed by atoms with Gasteiger partial charge in [-0.05, 0) is 63.7 Å². The second-order valence-electron chi connectivity index (χ2n) is 7.34. The quantitative estimate of drug-likeness (QED) is 0.688. The molecule has 150 valence electrons. The molecule has 0 heterocycles. The minimum atomic E-state index is -0.268. The number of hydrogen-bond acceptors (Lipinski definition) is 3. The van der Waals surface area contributed by atoms with E-state index in [1.807, 2.05) is 64.0 Å². The minimum Gasteiger partial charge on any atom is -0.351 e. The molecule has 3 amide bonds. The summed E-state index contributed by atoms with van der Waals surface area (Å²) in [6.45, 7) is 7.71. The summed E-state index contributed by atoms with van der Waals surface area (Å²) in [7, 11) is 3.92. The highest BCUT2D eigenvalue weighted by Crippen LogP contribution is 2.21. The molecule has 0 bridgehead atoms. The molecule has 0 atom stereocenters. The van der Waals surface area contributed by atoms with Crippen LogP contribution < -0.4 is 16.0 Å². The first-order valence-electron chi connectivity index (χ1n) is 9.41. The van der Waals surface area contributed by atoms with E-state index in [1.165, 1.54) is 5.56 Å². The van der Waals surface area contributed by atoms with Gasteiger partial charge in [0.1, 0.15) is 0 Å². The zero-order valence-corrected chi connectivity index (χ0v) is 17.3. The van der Waals surface area contributed by atoms with E-state index in [-0.39, 0.29) is 11.9 Å². The topological polar surface area (TPSA) is 73.5 Å². The summed E-state index contributed by atoms with van der Waals surface area (Å²) in [5, 5.41) is 8.66. The van der Waals surface area contributed by atoms with Crippen molar-refractivity contribution < 1.29 is 9.59 Å². The molecule has 3 N–H and O–H groups in total. The van der Waals surface area contributed by atoms with Crippen molar-refractivity contribution >= 4 is 17.6 Å². The molecule has 0 saturated carbocycles. The van der Waals surface area contributed by atoms with Crippen LogP contribution in [0.3, 0.4) is 0 Å². The van der Waals surface area contributed by atoms with E-state index < -0.39 is 0 Å². The predicted octanol–water partition coefficient (Wildman–Crippen LogP) is 3.22. The first-order valence-corrected chi connectivity index (χ1v) is 9.41. The third-order valence-electron chi connectivity index (χ3n) is 4.40. The van der Waals surface area contributed by atoms with Crippen molar-refractivity contribution in [2.75, 3.05) is 32.5 Å². The minimum absolute atomic E-state index is 0.112. The molecular formula is C22H30N4O2. The van der Waals surface area contributed by atoms with Crippen molar-refractivity contribution in [2.45, 2.75) is 27.3 Å². The van der Waals surface area contributed by atoms with Gasteiger partial charge >= 0.3 is 6.03 Å². The van der Waals surface area contributed by atoms with Crippen LogP contribution in [0.1, 0.15) is 32.6 Å². The lowest BCUT2D eigenvalue weighted by atomic mass is 10.1. The second-order valence-corrected chi connectivity index (χ2v) is 7.34. The Morgan fingerprint density at radius 3 is 2.29 bits per heavy atom. The van der Waals surface area contributed by atoms with E-state index in [1.54, 1.807) is 12.1 Å². The number of nitrogens with zero attached hydrogens (tertiary/aromatic N) is 1. The summed E-state index contributed by atoms with van der Waals surface area (Å²) in [4.78, 5) is 26.5. The number of hydrogen-bond donors (Lipinski definition) is 3. The van der Waals surface area contributed by atoms with Crippen LogP contribution in [-0.4, -0.2) is 44.0 Å². The van der Waals surface area contributed by atoms with E-state index in [0.717, 1.165) is 28.9 Å². The van der Waals surface area contributed by atoms with Crippen molar-refractivity contribution in [3.8, 4) is 0 Å². The Morgan fingerprint density at radius 2 is 1.64 bits per heavy atom. The van der Waals surface area contributed by atoms with E-state index in [4.69, 9.17) is 0 Å². The standard InChI is InChI=1S/C22H30N4O2/c1-15-11-16(2)20(17(3)12-15)25-22(28)24-14-18-7-6-8-19(13-18)21(27)23-9-10-26(4)5/h6-8,11-13H,9-10,14H2,1-5H3,(H,23,27)(H2,24,25,28). The fourth-order valence-electron chi connectivity index (χ4n) is 3.03. The lowest BCUT2D eigenvalue weighted by molar-refractivity contribution is 0.0951. The highest BCUT2D eigenvalue weighted by molar-refractivity contribution is 5.94. The van der Waals surface area contributed by atoms with Crippen molar-refractivity contribution in [2.24, 2.45) is 0 Å². The molecule has 6 nitrogen and oxygen atoms in total. The van der Waals surface area contributed by atoms with Gasteiger partial charge < -0.3 is 20.9 Å². The van der Waals surface area contributed by atoms with Crippen LogP contribution in [-0.2, 0) is 6.54 Å². The number of likely N-dealkylation sites (N-methyl/N-ethyl adjacent to an activating group) is 1. The molecule has 0 unspecified atom stereocenters. The Kier molecular flexibility index (Phi) is 7.58. The van der Waals surface area contributed by atoms with Crippen molar-refractivity contribution in [3.05, 3.63) is 64.2 Å². The Bertz CT molecular complexity index is 823.